The standard InChI is InChI=1S/C14H12Cl10O/c1-2-3-10(25)8-5-4-7(11(15,16)13(19,20)21)6-9(8)12(17,18)14(22,23)24/h4-6,10,25H,2-3H2,1H3. The first kappa shape index (κ1) is 25.1. The molecule has 0 bridgehead atoms. The first-order valence-corrected chi connectivity index (χ1v) is 10.6. The fraction of sp³-hybridized carbons (Fsp3) is 0.571. The van der Waals surface area contributed by atoms with E-state index in [1.807, 2.05) is 6.92 Å². The van der Waals surface area contributed by atoms with Crippen molar-refractivity contribution in [3.05, 3.63) is 34.9 Å². The molecular weight excluding hydrogens is 539 g/mol. The first-order valence-electron chi connectivity index (χ1n) is 6.79. The van der Waals surface area contributed by atoms with E-state index in [0.717, 1.165) is 0 Å². The molecule has 0 spiro atoms. The lowest BCUT2D eigenvalue weighted by molar-refractivity contribution is 0.165. The number of benzene rings is 1. The van der Waals surface area contributed by atoms with Crippen LogP contribution in [0.2, 0.25) is 0 Å². The monoisotopic (exact) mass is 546 g/mol. The van der Waals surface area contributed by atoms with Crippen LogP contribution in [0.5, 0.6) is 0 Å². The Labute approximate surface area is 196 Å². The maximum Gasteiger partial charge on any atom is 0.227 e. The molecule has 0 heterocycles. The summed E-state index contributed by atoms with van der Waals surface area (Å²) in [6, 6.07) is 4.32. The molecule has 0 aromatic heterocycles. The Morgan fingerprint density at radius 1 is 0.840 bits per heavy atom. The van der Waals surface area contributed by atoms with Gasteiger partial charge in [0, 0.05) is 0 Å². The highest BCUT2D eigenvalue weighted by Gasteiger charge is 2.51. The molecule has 1 nitrogen and oxygen atoms in total. The summed E-state index contributed by atoms with van der Waals surface area (Å²) in [6.45, 7) is 1.90. The van der Waals surface area contributed by atoms with E-state index in [0.29, 0.717) is 18.4 Å². The van der Waals surface area contributed by atoms with Crippen LogP contribution < -0.4 is 0 Å². The van der Waals surface area contributed by atoms with Crippen LogP contribution in [0, 0.1) is 0 Å². The van der Waals surface area contributed by atoms with Crippen molar-refractivity contribution >= 4 is 116 Å². The van der Waals surface area contributed by atoms with Gasteiger partial charge >= 0.3 is 0 Å². The number of halogens is 10. The molecule has 0 saturated carbocycles. The second-order valence-corrected chi connectivity index (χ2v) is 12.5. The zero-order valence-corrected chi connectivity index (χ0v) is 20.0. The van der Waals surface area contributed by atoms with E-state index >= 15 is 0 Å². The van der Waals surface area contributed by atoms with Crippen LogP contribution >= 0.6 is 116 Å². The molecule has 1 unspecified atom stereocenters. The summed E-state index contributed by atoms with van der Waals surface area (Å²) in [5.41, 5.74) is 0.586. The molecule has 1 aromatic rings. The quantitative estimate of drug-likeness (QED) is 0.364. The largest absolute Gasteiger partial charge is 0.388 e. The molecule has 0 amide bonds. The maximum absolute atomic E-state index is 10.4. The van der Waals surface area contributed by atoms with E-state index in [2.05, 4.69) is 0 Å². The zero-order chi connectivity index (χ0) is 19.8. The van der Waals surface area contributed by atoms with Gasteiger partial charge in [0.05, 0.1) is 6.10 Å². The van der Waals surface area contributed by atoms with Gasteiger partial charge in [0.25, 0.3) is 0 Å². The number of alkyl halides is 10. The molecule has 0 aliphatic heterocycles. The average Bonchev–Trinajstić information content (AvgIpc) is 2.44. The number of hydrogen-bond donors (Lipinski definition) is 1. The second-order valence-electron chi connectivity index (χ2n) is 5.25. The predicted octanol–water partition coefficient (Wildman–Crippen LogP) is 8.52. The molecule has 25 heavy (non-hydrogen) atoms. The van der Waals surface area contributed by atoms with Crippen LogP contribution in [-0.2, 0) is 8.67 Å². The topological polar surface area (TPSA) is 20.2 Å². The summed E-state index contributed by atoms with van der Waals surface area (Å²) in [4.78, 5) is 0. The predicted molar refractivity (Wildman–Crippen MR) is 114 cm³/mol. The van der Waals surface area contributed by atoms with Crippen molar-refractivity contribution in [1.82, 2.24) is 0 Å². The number of rotatable bonds is 5. The van der Waals surface area contributed by atoms with E-state index in [1.54, 1.807) is 0 Å². The van der Waals surface area contributed by atoms with Crippen LogP contribution in [0.3, 0.4) is 0 Å². The third-order valence-electron chi connectivity index (χ3n) is 3.39. The molecule has 1 aromatic carbocycles. The summed E-state index contributed by atoms with van der Waals surface area (Å²) in [5, 5.41) is 10.4. The lowest BCUT2D eigenvalue weighted by Gasteiger charge is -2.33. The normalized spacial score (nSPS) is 15.4. The highest BCUT2D eigenvalue weighted by molar-refractivity contribution is 6.76. The molecule has 0 radical (unpaired) electrons. The van der Waals surface area contributed by atoms with Gasteiger partial charge < -0.3 is 5.11 Å². The SMILES string of the molecule is CCCC(O)c1ccc(C(Cl)(Cl)C(Cl)(Cl)Cl)cc1C(Cl)(Cl)C(Cl)(Cl)Cl. The van der Waals surface area contributed by atoms with Crippen molar-refractivity contribution in [1.29, 1.82) is 0 Å². The third kappa shape index (κ3) is 5.58. The molecule has 0 saturated heterocycles. The molecule has 0 aliphatic rings. The molecular formula is C14H12Cl10O. The van der Waals surface area contributed by atoms with Crippen molar-refractivity contribution in [3.63, 3.8) is 0 Å². The van der Waals surface area contributed by atoms with E-state index in [-0.39, 0.29) is 11.1 Å². The molecule has 144 valence electrons. The molecule has 1 atom stereocenters. The molecule has 11 heteroatoms. The lowest BCUT2D eigenvalue weighted by Crippen LogP contribution is -2.32. The van der Waals surface area contributed by atoms with Crippen LogP contribution in [0.15, 0.2) is 18.2 Å². The van der Waals surface area contributed by atoms with Crippen LogP contribution in [0.25, 0.3) is 0 Å². The lowest BCUT2D eigenvalue weighted by atomic mass is 9.94. The summed E-state index contributed by atoms with van der Waals surface area (Å²) in [7, 11) is 0. The van der Waals surface area contributed by atoms with Gasteiger partial charge in [0.1, 0.15) is 0 Å². The highest BCUT2D eigenvalue weighted by atomic mass is 35.6. The van der Waals surface area contributed by atoms with Crippen molar-refractivity contribution < 1.29 is 5.11 Å². The van der Waals surface area contributed by atoms with Gasteiger partial charge in [-0.1, -0.05) is 141 Å². The summed E-state index contributed by atoms with van der Waals surface area (Å²) < 4.78 is -8.18. The fourth-order valence-corrected chi connectivity index (χ4v) is 3.25. The molecule has 1 N–H and O–H groups in total. The molecule has 1 rings (SSSR count). The number of hydrogen-bond acceptors (Lipinski definition) is 1. The highest BCUT2D eigenvalue weighted by Crippen LogP contribution is 2.57. The van der Waals surface area contributed by atoms with Crippen molar-refractivity contribution in [2.45, 2.75) is 42.1 Å². The van der Waals surface area contributed by atoms with Crippen molar-refractivity contribution in [3.8, 4) is 0 Å². The number of aliphatic hydroxyl groups is 1. The second kappa shape index (κ2) is 8.84. The van der Waals surface area contributed by atoms with E-state index in [1.165, 1.54) is 18.2 Å². The minimum atomic E-state index is -2.13. The Bertz CT molecular complexity index is 603. The van der Waals surface area contributed by atoms with Gasteiger partial charge in [0.15, 0.2) is 8.67 Å². The average molecular weight is 551 g/mol. The van der Waals surface area contributed by atoms with Gasteiger partial charge in [-0.2, -0.15) is 0 Å². The maximum atomic E-state index is 10.4. The Kier molecular flexibility index (Phi) is 8.88. The van der Waals surface area contributed by atoms with Crippen LogP contribution in [0.1, 0.15) is 42.6 Å². The van der Waals surface area contributed by atoms with Gasteiger partial charge in [-0.05, 0) is 29.2 Å². The summed E-state index contributed by atoms with van der Waals surface area (Å²) >= 11 is 60.2. The minimum absolute atomic E-state index is 0.0919. The smallest absolute Gasteiger partial charge is 0.227 e. The Hall–Kier alpha value is 2.08. The third-order valence-corrected chi connectivity index (χ3v) is 8.23. The van der Waals surface area contributed by atoms with E-state index in [9.17, 15) is 5.11 Å². The van der Waals surface area contributed by atoms with E-state index in [4.69, 9.17) is 116 Å². The van der Waals surface area contributed by atoms with Crippen molar-refractivity contribution in [2.75, 3.05) is 0 Å². The first-order chi connectivity index (χ1) is 11.1. The Morgan fingerprint density at radius 3 is 1.72 bits per heavy atom. The van der Waals surface area contributed by atoms with Crippen LogP contribution in [-0.4, -0.2) is 12.7 Å². The fourth-order valence-electron chi connectivity index (χ4n) is 2.06. The van der Waals surface area contributed by atoms with Gasteiger partial charge in [-0.15, -0.1) is 0 Å². The summed E-state index contributed by atoms with van der Waals surface area (Å²) in [5.74, 6) is 0. The number of aliphatic hydroxyl groups excluding tert-OH is 1. The van der Waals surface area contributed by atoms with Gasteiger partial charge in [-0.3, -0.25) is 0 Å². The van der Waals surface area contributed by atoms with Crippen molar-refractivity contribution in [2.24, 2.45) is 0 Å². The van der Waals surface area contributed by atoms with Crippen LogP contribution in [0.4, 0.5) is 0 Å². The Balaban J connectivity index is 3.66. The van der Waals surface area contributed by atoms with Gasteiger partial charge in [0.2, 0.25) is 7.59 Å². The molecule has 0 fully saturated rings. The Morgan fingerprint density at radius 2 is 1.32 bits per heavy atom. The summed E-state index contributed by atoms with van der Waals surface area (Å²) in [6.07, 6.45) is 0.204. The minimum Gasteiger partial charge on any atom is -0.388 e. The molecule has 0 aliphatic carbocycles. The van der Waals surface area contributed by atoms with E-state index < -0.39 is 22.4 Å². The zero-order valence-electron chi connectivity index (χ0n) is 12.5. The van der Waals surface area contributed by atoms with Gasteiger partial charge in [-0.25, -0.2) is 0 Å².